The van der Waals surface area contributed by atoms with Crippen LogP contribution in [-0.4, -0.2) is 72.6 Å². The van der Waals surface area contributed by atoms with Crippen molar-refractivity contribution in [1.29, 1.82) is 0 Å². The molecule has 1 unspecified atom stereocenters. The lowest BCUT2D eigenvalue weighted by Crippen LogP contribution is -2.44. The standard InChI is InChI=1S/C19H20N4OS.2C2HF3O2/c1-3-15(9-20-6-1)11-22-7-5-19(13-22)14-23-16(17-4-2-8-25-17)10-21-18(23)12-24-19;2*3-2(4,5)1(6)7/h1-4,6,8-10H,5,7,11-14H2;2*(H,6,7). The summed E-state index contributed by atoms with van der Waals surface area (Å²) in [6.07, 6.45) is -3.33. The maximum atomic E-state index is 10.6. The topological polar surface area (TPSA) is 118 Å². The van der Waals surface area contributed by atoms with E-state index in [2.05, 4.69) is 43.0 Å². The maximum Gasteiger partial charge on any atom is 0.490 e. The average molecular weight is 581 g/mol. The maximum absolute atomic E-state index is 10.6. The fourth-order valence-corrected chi connectivity index (χ4v) is 4.68. The Labute approximate surface area is 221 Å². The average Bonchev–Trinajstić information content (AvgIpc) is 3.60. The molecular weight excluding hydrogens is 558 g/mol. The number of hydrogen-bond acceptors (Lipinski definition) is 7. The molecular formula is C23H22F6N4O5S. The van der Waals surface area contributed by atoms with Crippen molar-refractivity contribution in [2.75, 3.05) is 13.1 Å². The van der Waals surface area contributed by atoms with Crippen molar-refractivity contribution in [3.63, 3.8) is 0 Å². The Morgan fingerprint density at radius 2 is 1.69 bits per heavy atom. The van der Waals surface area contributed by atoms with E-state index < -0.39 is 24.3 Å². The smallest absolute Gasteiger partial charge is 0.475 e. The summed E-state index contributed by atoms with van der Waals surface area (Å²) < 4.78 is 72.2. The van der Waals surface area contributed by atoms with Gasteiger partial charge in [-0.1, -0.05) is 12.1 Å². The minimum Gasteiger partial charge on any atom is -0.475 e. The largest absolute Gasteiger partial charge is 0.490 e. The Bertz CT molecular complexity index is 1230. The van der Waals surface area contributed by atoms with E-state index in [0.29, 0.717) is 6.61 Å². The molecule has 2 N–H and O–H groups in total. The first-order valence-corrected chi connectivity index (χ1v) is 12.0. The number of alkyl halides is 6. The van der Waals surface area contributed by atoms with E-state index in [4.69, 9.17) is 24.5 Å². The number of imidazole rings is 1. The van der Waals surface area contributed by atoms with Gasteiger partial charge in [-0.25, -0.2) is 14.6 Å². The van der Waals surface area contributed by atoms with Gasteiger partial charge in [0.2, 0.25) is 0 Å². The van der Waals surface area contributed by atoms with Crippen molar-refractivity contribution in [2.45, 2.75) is 44.1 Å². The lowest BCUT2D eigenvalue weighted by molar-refractivity contribution is -0.193. The number of aromatic nitrogens is 3. The predicted molar refractivity (Wildman–Crippen MR) is 125 cm³/mol. The molecule has 212 valence electrons. The molecule has 1 saturated heterocycles. The molecule has 0 saturated carbocycles. The zero-order valence-electron chi connectivity index (χ0n) is 19.9. The molecule has 2 aliphatic rings. The van der Waals surface area contributed by atoms with Crippen LogP contribution < -0.4 is 0 Å². The zero-order valence-corrected chi connectivity index (χ0v) is 20.8. The van der Waals surface area contributed by atoms with Gasteiger partial charge in [0.25, 0.3) is 0 Å². The van der Waals surface area contributed by atoms with Crippen LogP contribution in [0.3, 0.4) is 0 Å². The second-order valence-corrected chi connectivity index (χ2v) is 9.47. The number of ether oxygens (including phenoxy) is 1. The van der Waals surface area contributed by atoms with E-state index in [1.807, 2.05) is 24.7 Å². The summed E-state index contributed by atoms with van der Waals surface area (Å²) in [6.45, 7) is 4.45. The summed E-state index contributed by atoms with van der Waals surface area (Å²) in [5.41, 5.74) is 2.39. The number of carboxylic acids is 2. The Hall–Kier alpha value is -3.50. The van der Waals surface area contributed by atoms with Crippen LogP contribution in [0, 0.1) is 0 Å². The van der Waals surface area contributed by atoms with Gasteiger partial charge < -0.3 is 19.5 Å². The van der Waals surface area contributed by atoms with Gasteiger partial charge in [0, 0.05) is 32.0 Å². The molecule has 1 fully saturated rings. The third-order valence-electron chi connectivity index (χ3n) is 5.67. The van der Waals surface area contributed by atoms with Crippen molar-refractivity contribution < 1.29 is 50.9 Å². The first kappa shape index (κ1) is 30.0. The fourth-order valence-electron chi connectivity index (χ4n) is 3.94. The molecule has 1 atom stereocenters. The Morgan fingerprint density at radius 3 is 2.23 bits per heavy atom. The molecule has 0 amide bonds. The molecule has 9 nitrogen and oxygen atoms in total. The number of thiophene rings is 1. The number of carbonyl (C=O) groups is 2. The minimum absolute atomic E-state index is 0.0953. The van der Waals surface area contributed by atoms with E-state index in [1.165, 1.54) is 16.1 Å². The molecule has 39 heavy (non-hydrogen) atoms. The molecule has 0 aromatic carbocycles. The highest BCUT2D eigenvalue weighted by molar-refractivity contribution is 7.13. The SMILES string of the molecule is O=C(O)C(F)(F)F.O=C(O)C(F)(F)F.c1cncc(CN2CCC3(C2)Cn2c(-c4cccs4)cnc2CO3)c1. The number of likely N-dealkylation sites (tertiary alicyclic amines) is 1. The van der Waals surface area contributed by atoms with Gasteiger partial charge in [-0.2, -0.15) is 26.3 Å². The van der Waals surface area contributed by atoms with Crippen LogP contribution in [0.25, 0.3) is 10.6 Å². The summed E-state index contributed by atoms with van der Waals surface area (Å²) in [5, 5.41) is 16.4. The van der Waals surface area contributed by atoms with Crippen molar-refractivity contribution in [1.82, 2.24) is 19.4 Å². The highest BCUT2D eigenvalue weighted by Crippen LogP contribution is 2.36. The molecule has 16 heteroatoms. The molecule has 3 aromatic heterocycles. The number of carboxylic acid groups (broad SMARTS) is 2. The Morgan fingerprint density at radius 1 is 1.03 bits per heavy atom. The molecule has 0 bridgehead atoms. The highest BCUT2D eigenvalue weighted by atomic mass is 32.1. The van der Waals surface area contributed by atoms with Crippen LogP contribution in [-0.2, 0) is 34.0 Å². The first-order valence-electron chi connectivity index (χ1n) is 11.1. The van der Waals surface area contributed by atoms with Gasteiger partial charge in [0.05, 0.1) is 23.3 Å². The van der Waals surface area contributed by atoms with Crippen LogP contribution in [0.15, 0.2) is 48.2 Å². The van der Waals surface area contributed by atoms with Gasteiger partial charge in [-0.3, -0.25) is 9.88 Å². The van der Waals surface area contributed by atoms with E-state index in [0.717, 1.165) is 38.4 Å². The first-order chi connectivity index (χ1) is 18.2. The summed E-state index contributed by atoms with van der Waals surface area (Å²) in [4.78, 5) is 30.3. The van der Waals surface area contributed by atoms with Gasteiger partial charge in [-0.15, -0.1) is 11.3 Å². The molecule has 0 aliphatic carbocycles. The molecule has 0 radical (unpaired) electrons. The molecule has 1 spiro atoms. The molecule has 2 aliphatic heterocycles. The van der Waals surface area contributed by atoms with Gasteiger partial charge in [0.1, 0.15) is 18.0 Å². The summed E-state index contributed by atoms with van der Waals surface area (Å²) in [7, 11) is 0. The molecule has 5 rings (SSSR count). The third kappa shape index (κ3) is 8.24. The molecule has 3 aromatic rings. The van der Waals surface area contributed by atoms with Crippen molar-refractivity contribution in [3.8, 4) is 10.6 Å². The van der Waals surface area contributed by atoms with Crippen LogP contribution in [0.1, 0.15) is 17.8 Å². The highest BCUT2D eigenvalue weighted by Gasteiger charge is 2.43. The number of pyridine rings is 1. The zero-order chi connectivity index (χ0) is 28.8. The number of nitrogens with zero attached hydrogens (tertiary/aromatic N) is 4. The van der Waals surface area contributed by atoms with Gasteiger partial charge in [-0.05, 0) is 29.5 Å². The summed E-state index contributed by atoms with van der Waals surface area (Å²) in [5.74, 6) is -4.47. The number of hydrogen-bond donors (Lipinski definition) is 2. The van der Waals surface area contributed by atoms with E-state index in [9.17, 15) is 26.3 Å². The van der Waals surface area contributed by atoms with Crippen molar-refractivity contribution in [3.05, 3.63) is 59.6 Å². The monoisotopic (exact) mass is 580 g/mol. The number of aliphatic carboxylic acids is 2. The lowest BCUT2D eigenvalue weighted by atomic mass is 10.0. The molecule has 5 heterocycles. The fraction of sp³-hybridized carbons (Fsp3) is 0.391. The van der Waals surface area contributed by atoms with Crippen LogP contribution >= 0.6 is 11.3 Å². The van der Waals surface area contributed by atoms with Crippen LogP contribution in [0.5, 0.6) is 0 Å². The van der Waals surface area contributed by atoms with E-state index >= 15 is 0 Å². The second-order valence-electron chi connectivity index (χ2n) is 8.52. The number of fused-ring (bicyclic) bond motifs is 1. The van der Waals surface area contributed by atoms with E-state index in [1.54, 1.807) is 11.3 Å². The predicted octanol–water partition coefficient (Wildman–Crippen LogP) is 4.45. The van der Waals surface area contributed by atoms with Gasteiger partial charge >= 0.3 is 24.3 Å². The number of rotatable bonds is 3. The van der Waals surface area contributed by atoms with Crippen LogP contribution in [0.2, 0.25) is 0 Å². The number of halogens is 6. The second kappa shape index (κ2) is 12.1. The van der Waals surface area contributed by atoms with Gasteiger partial charge in [0.15, 0.2) is 0 Å². The third-order valence-corrected chi connectivity index (χ3v) is 6.57. The van der Waals surface area contributed by atoms with Crippen LogP contribution in [0.4, 0.5) is 26.3 Å². The van der Waals surface area contributed by atoms with E-state index in [-0.39, 0.29) is 5.60 Å². The van der Waals surface area contributed by atoms with Crippen molar-refractivity contribution in [2.24, 2.45) is 0 Å². The summed E-state index contributed by atoms with van der Waals surface area (Å²) >= 11 is 1.77. The normalized spacial score (nSPS) is 18.9. The Kier molecular flexibility index (Phi) is 9.34. The summed E-state index contributed by atoms with van der Waals surface area (Å²) in [6, 6.07) is 8.41. The quantitative estimate of drug-likeness (QED) is 0.437. The Balaban J connectivity index is 0.000000251. The lowest BCUT2D eigenvalue weighted by Gasteiger charge is -2.35. The minimum atomic E-state index is -5.08. The van der Waals surface area contributed by atoms with Crippen molar-refractivity contribution >= 4 is 23.3 Å².